The fraction of sp³-hybridized carbons (Fsp3) is 0.143. The molecule has 3 aromatic rings. The minimum Gasteiger partial charge on any atom is -0.505 e. The van der Waals surface area contributed by atoms with E-state index in [1.165, 1.54) is 13.0 Å². The van der Waals surface area contributed by atoms with Gasteiger partial charge in [0.05, 0.1) is 5.92 Å². The Balaban J connectivity index is 1.95. The molecule has 0 saturated heterocycles. The number of nitrogens with one attached hydrogen (secondary N) is 1. The third-order valence-electron chi connectivity index (χ3n) is 4.24. The van der Waals surface area contributed by atoms with Crippen LogP contribution in [-0.2, 0) is 4.79 Å². The van der Waals surface area contributed by atoms with Crippen LogP contribution in [0.3, 0.4) is 0 Å². The van der Waals surface area contributed by atoms with Gasteiger partial charge in [0.25, 0.3) is 5.91 Å². The number of para-hydroxylation sites is 1. The number of carbonyl (C=O) groups is 2. The highest BCUT2D eigenvalue weighted by atomic mass is 16.5. The minimum atomic E-state index is -1.07. The van der Waals surface area contributed by atoms with Gasteiger partial charge in [-0.25, -0.2) is 4.98 Å². The minimum absolute atomic E-state index is 0.0623. The maximum Gasteiger partial charge on any atom is 0.308 e. The van der Waals surface area contributed by atoms with Crippen LogP contribution in [0.25, 0.3) is 10.8 Å². The molecule has 0 saturated carbocycles. The monoisotopic (exact) mass is 391 g/mol. The molecule has 0 aliphatic rings. The Labute approximate surface area is 166 Å². The standard InChI is InChI=1S/C21H17N3O5/c1-12(21(27)28)11-23-20(26)18-19(25)15-8-7-14(9-16(15)17(10-22)24-18)29-13-5-3-2-4-6-13/h2-9,12,25H,11H2,1H3,(H,23,26)(H,27,28). The predicted octanol–water partition coefficient (Wildman–Crippen LogP) is 3.05. The first-order valence-electron chi connectivity index (χ1n) is 8.71. The number of hydrogen-bond acceptors (Lipinski definition) is 6. The van der Waals surface area contributed by atoms with Crippen LogP contribution in [0.1, 0.15) is 23.1 Å². The Morgan fingerprint density at radius 2 is 1.90 bits per heavy atom. The van der Waals surface area contributed by atoms with Crippen LogP contribution in [0.2, 0.25) is 0 Å². The molecule has 1 aromatic heterocycles. The molecule has 1 unspecified atom stereocenters. The molecular formula is C21H17N3O5. The number of benzene rings is 2. The molecule has 8 heteroatoms. The van der Waals surface area contributed by atoms with Crippen molar-refractivity contribution >= 4 is 22.6 Å². The van der Waals surface area contributed by atoms with Crippen molar-refractivity contribution in [3.63, 3.8) is 0 Å². The van der Waals surface area contributed by atoms with Gasteiger partial charge in [-0.2, -0.15) is 5.26 Å². The average Bonchev–Trinajstić information content (AvgIpc) is 2.72. The topological polar surface area (TPSA) is 133 Å². The normalized spacial score (nSPS) is 11.4. The van der Waals surface area contributed by atoms with Crippen LogP contribution >= 0.6 is 0 Å². The maximum atomic E-state index is 12.4. The number of aromatic nitrogens is 1. The number of ether oxygens (including phenoxy) is 1. The summed E-state index contributed by atoms with van der Waals surface area (Å²) >= 11 is 0. The summed E-state index contributed by atoms with van der Waals surface area (Å²) in [5.74, 6) is -2.00. The average molecular weight is 391 g/mol. The van der Waals surface area contributed by atoms with Crippen molar-refractivity contribution in [1.82, 2.24) is 10.3 Å². The maximum absolute atomic E-state index is 12.4. The molecule has 0 aliphatic heterocycles. The molecule has 1 amide bonds. The fourth-order valence-electron chi connectivity index (χ4n) is 2.63. The molecule has 0 spiro atoms. The Morgan fingerprint density at radius 3 is 2.55 bits per heavy atom. The van der Waals surface area contributed by atoms with Gasteiger partial charge in [0.2, 0.25) is 0 Å². The number of nitrogens with zero attached hydrogens (tertiary/aromatic N) is 2. The third-order valence-corrected chi connectivity index (χ3v) is 4.24. The van der Waals surface area contributed by atoms with E-state index in [4.69, 9.17) is 9.84 Å². The van der Waals surface area contributed by atoms with Gasteiger partial charge >= 0.3 is 5.97 Å². The number of carbonyl (C=O) groups excluding carboxylic acids is 1. The number of hydrogen-bond donors (Lipinski definition) is 3. The molecule has 0 fully saturated rings. The highest BCUT2D eigenvalue weighted by molar-refractivity contribution is 6.03. The SMILES string of the molecule is CC(CNC(=O)c1nc(C#N)c2cc(Oc3ccccc3)ccc2c1O)C(=O)O. The van der Waals surface area contributed by atoms with Gasteiger partial charge < -0.3 is 20.3 Å². The number of carboxylic acid groups (broad SMARTS) is 1. The summed E-state index contributed by atoms with van der Waals surface area (Å²) in [7, 11) is 0. The summed E-state index contributed by atoms with van der Waals surface area (Å²) in [4.78, 5) is 27.2. The lowest BCUT2D eigenvalue weighted by atomic mass is 10.1. The van der Waals surface area contributed by atoms with Gasteiger partial charge in [-0.3, -0.25) is 9.59 Å². The van der Waals surface area contributed by atoms with E-state index >= 15 is 0 Å². The van der Waals surface area contributed by atoms with Crippen molar-refractivity contribution in [3.05, 3.63) is 59.9 Å². The van der Waals surface area contributed by atoms with E-state index in [1.54, 1.807) is 24.3 Å². The summed E-state index contributed by atoms with van der Waals surface area (Å²) in [6.07, 6.45) is 0. The van der Waals surface area contributed by atoms with Crippen molar-refractivity contribution < 1.29 is 24.5 Å². The van der Waals surface area contributed by atoms with E-state index in [1.807, 2.05) is 24.3 Å². The molecule has 2 aromatic carbocycles. The Morgan fingerprint density at radius 1 is 1.17 bits per heavy atom. The second-order valence-electron chi connectivity index (χ2n) is 6.34. The summed E-state index contributed by atoms with van der Waals surface area (Å²) < 4.78 is 5.74. The van der Waals surface area contributed by atoms with Crippen LogP contribution in [0, 0.1) is 17.2 Å². The number of amides is 1. The molecule has 0 radical (unpaired) electrons. The second-order valence-corrected chi connectivity index (χ2v) is 6.34. The van der Waals surface area contributed by atoms with Crippen molar-refractivity contribution in [2.75, 3.05) is 6.54 Å². The number of fused-ring (bicyclic) bond motifs is 1. The molecular weight excluding hydrogens is 374 g/mol. The Hall–Kier alpha value is -4.12. The molecule has 1 heterocycles. The van der Waals surface area contributed by atoms with Crippen molar-refractivity contribution in [1.29, 1.82) is 5.26 Å². The van der Waals surface area contributed by atoms with Gasteiger partial charge in [-0.15, -0.1) is 0 Å². The van der Waals surface area contributed by atoms with Crippen LogP contribution in [-0.4, -0.2) is 33.6 Å². The largest absolute Gasteiger partial charge is 0.505 e. The second kappa shape index (κ2) is 8.27. The van der Waals surface area contributed by atoms with Crippen LogP contribution in [0.5, 0.6) is 17.2 Å². The summed E-state index contributed by atoms with van der Waals surface area (Å²) in [6.45, 7) is 1.30. The number of nitriles is 1. The highest BCUT2D eigenvalue weighted by Crippen LogP contribution is 2.33. The van der Waals surface area contributed by atoms with Gasteiger partial charge in [-0.1, -0.05) is 25.1 Å². The summed E-state index contributed by atoms with van der Waals surface area (Å²) in [6, 6.07) is 15.6. The van der Waals surface area contributed by atoms with E-state index in [0.29, 0.717) is 16.9 Å². The van der Waals surface area contributed by atoms with E-state index in [0.717, 1.165) is 0 Å². The van der Waals surface area contributed by atoms with Crippen molar-refractivity contribution in [3.8, 4) is 23.3 Å². The number of aromatic hydroxyl groups is 1. The zero-order valence-electron chi connectivity index (χ0n) is 15.4. The Kier molecular flexibility index (Phi) is 5.60. The number of pyridine rings is 1. The lowest BCUT2D eigenvalue weighted by Gasteiger charge is -2.12. The van der Waals surface area contributed by atoms with E-state index in [2.05, 4.69) is 10.3 Å². The Bertz CT molecular complexity index is 1120. The van der Waals surface area contributed by atoms with Crippen LogP contribution < -0.4 is 10.1 Å². The molecule has 3 rings (SSSR count). The van der Waals surface area contributed by atoms with Gasteiger partial charge in [-0.05, 0) is 30.3 Å². The fourth-order valence-corrected chi connectivity index (χ4v) is 2.63. The lowest BCUT2D eigenvalue weighted by Crippen LogP contribution is -2.32. The predicted molar refractivity (Wildman–Crippen MR) is 104 cm³/mol. The first kappa shape index (κ1) is 19.6. The molecule has 0 aliphatic carbocycles. The molecule has 1 atom stereocenters. The van der Waals surface area contributed by atoms with Gasteiger partial charge in [0, 0.05) is 17.3 Å². The molecule has 146 valence electrons. The van der Waals surface area contributed by atoms with E-state index in [-0.39, 0.29) is 23.3 Å². The summed E-state index contributed by atoms with van der Waals surface area (Å²) in [5.41, 5.74) is -0.406. The van der Waals surface area contributed by atoms with Crippen LogP contribution in [0.15, 0.2) is 48.5 Å². The zero-order valence-corrected chi connectivity index (χ0v) is 15.4. The molecule has 0 bridgehead atoms. The molecule has 29 heavy (non-hydrogen) atoms. The lowest BCUT2D eigenvalue weighted by molar-refractivity contribution is -0.140. The highest BCUT2D eigenvalue weighted by Gasteiger charge is 2.21. The van der Waals surface area contributed by atoms with Gasteiger partial charge in [0.1, 0.15) is 23.3 Å². The third kappa shape index (κ3) is 4.25. The number of rotatable bonds is 6. The first-order valence-corrected chi connectivity index (χ1v) is 8.71. The van der Waals surface area contributed by atoms with Crippen molar-refractivity contribution in [2.45, 2.75) is 6.92 Å². The first-order chi connectivity index (χ1) is 13.9. The van der Waals surface area contributed by atoms with E-state index < -0.39 is 23.5 Å². The smallest absolute Gasteiger partial charge is 0.308 e. The quantitative estimate of drug-likeness (QED) is 0.588. The number of carboxylic acids is 1. The molecule has 3 N–H and O–H groups in total. The molecule has 8 nitrogen and oxygen atoms in total. The summed E-state index contributed by atoms with van der Waals surface area (Å²) in [5, 5.41) is 31.9. The van der Waals surface area contributed by atoms with Crippen molar-refractivity contribution in [2.24, 2.45) is 5.92 Å². The number of aliphatic carboxylic acids is 1. The van der Waals surface area contributed by atoms with Crippen LogP contribution in [0.4, 0.5) is 0 Å². The van der Waals surface area contributed by atoms with E-state index in [9.17, 15) is 20.0 Å². The zero-order chi connectivity index (χ0) is 21.0. The van der Waals surface area contributed by atoms with Gasteiger partial charge in [0.15, 0.2) is 11.4 Å².